The van der Waals surface area contributed by atoms with E-state index >= 15 is 0 Å². The first-order valence-corrected chi connectivity index (χ1v) is 15.4. The second-order valence-electron chi connectivity index (χ2n) is 11.9. The third-order valence-electron chi connectivity index (χ3n) is 8.87. The number of β-amino-alcohol motifs (C(OH)–C–C–N with tert-alkyl or cyclic N) is 1. The Morgan fingerprint density at radius 2 is 1.79 bits per heavy atom. The van der Waals surface area contributed by atoms with Crippen LogP contribution in [0.4, 0.5) is 10.3 Å². The minimum Gasteiger partial charge on any atom is -0.493 e. The van der Waals surface area contributed by atoms with Gasteiger partial charge in [-0.1, -0.05) is 17.7 Å². The number of anilines is 1. The minimum atomic E-state index is -1.45. The van der Waals surface area contributed by atoms with Crippen LogP contribution in [0.15, 0.2) is 30.6 Å². The second kappa shape index (κ2) is 14.4. The molecule has 2 bridgehead atoms. The number of fused-ring (bicyclic) bond motifs is 2. The number of aliphatic hydroxyl groups is 4. The van der Waals surface area contributed by atoms with Crippen LogP contribution in [0.3, 0.4) is 0 Å². The lowest BCUT2D eigenvalue weighted by atomic mass is 9.86. The van der Waals surface area contributed by atoms with E-state index in [1.807, 2.05) is 4.90 Å². The van der Waals surface area contributed by atoms with Crippen molar-refractivity contribution in [2.24, 2.45) is 5.92 Å². The molecule has 0 aliphatic carbocycles. The van der Waals surface area contributed by atoms with E-state index in [1.165, 1.54) is 6.07 Å². The van der Waals surface area contributed by atoms with Crippen LogP contribution in [0.5, 0.6) is 5.75 Å². The minimum absolute atomic E-state index is 0.0388. The smallest absolute Gasteiger partial charge is 0.227 e. The van der Waals surface area contributed by atoms with E-state index in [1.54, 1.807) is 29.4 Å². The number of carbonyl (C=O) groups excluding carboxylic acids is 1. The standard InChI is InChI=1S/C30H41ClFN5O6/c31-21-13-33-30(34-14-21)36-7-5-19(6-8-36)2-1-9-43-24-4-3-20(25(32)12-24)10-28(41)37-22-11-23(37)16-35(15-22)17-26(39)29(42)27(40)18-38/h3-4,12-14,19,22-23,26-27,29,38-40,42H,1-2,5-11,15-18H2/t22?,23?,26-,27+,29-/m0/s1. The molecular formula is C30H41ClFN5O6. The summed E-state index contributed by atoms with van der Waals surface area (Å²) < 4.78 is 20.7. The Kier molecular flexibility index (Phi) is 10.7. The molecule has 5 atom stereocenters. The fourth-order valence-electron chi connectivity index (χ4n) is 6.46. The lowest BCUT2D eigenvalue weighted by Crippen LogP contribution is -2.71. The summed E-state index contributed by atoms with van der Waals surface area (Å²) in [6.45, 7) is 2.83. The number of carbonyl (C=O) groups is 1. The van der Waals surface area contributed by atoms with Gasteiger partial charge in [0, 0.05) is 50.9 Å². The van der Waals surface area contributed by atoms with Gasteiger partial charge in [0.15, 0.2) is 0 Å². The first-order chi connectivity index (χ1) is 20.7. The molecule has 0 spiro atoms. The number of nitrogens with zero attached hydrogens (tertiary/aromatic N) is 5. The van der Waals surface area contributed by atoms with Crippen LogP contribution in [-0.4, -0.2) is 122 Å². The molecule has 236 valence electrons. The molecule has 43 heavy (non-hydrogen) atoms. The van der Waals surface area contributed by atoms with Crippen LogP contribution in [0, 0.1) is 11.7 Å². The highest BCUT2D eigenvalue weighted by molar-refractivity contribution is 6.30. The molecule has 4 heterocycles. The Bertz CT molecular complexity index is 1210. The number of aromatic nitrogens is 2. The summed E-state index contributed by atoms with van der Waals surface area (Å²) in [5.74, 6) is 1.16. The summed E-state index contributed by atoms with van der Waals surface area (Å²) in [6, 6.07) is 4.59. The van der Waals surface area contributed by atoms with Crippen LogP contribution < -0.4 is 9.64 Å². The van der Waals surface area contributed by atoms with Crippen molar-refractivity contribution in [3.8, 4) is 5.75 Å². The van der Waals surface area contributed by atoms with Crippen LogP contribution >= 0.6 is 11.6 Å². The number of likely N-dealkylation sites (tertiary alicyclic amines) is 2. The third kappa shape index (κ3) is 7.92. The Morgan fingerprint density at radius 1 is 1.09 bits per heavy atom. The average Bonchev–Trinajstić information content (AvgIpc) is 3.00. The summed E-state index contributed by atoms with van der Waals surface area (Å²) in [5, 5.41) is 39.1. The predicted octanol–water partition coefficient (Wildman–Crippen LogP) is 1.25. The maximum atomic E-state index is 14.9. The van der Waals surface area contributed by atoms with Crippen molar-refractivity contribution in [2.75, 3.05) is 50.8 Å². The van der Waals surface area contributed by atoms with E-state index in [-0.39, 0.29) is 31.0 Å². The molecule has 13 heteroatoms. The van der Waals surface area contributed by atoms with Gasteiger partial charge in [-0.2, -0.15) is 0 Å². The lowest BCUT2D eigenvalue weighted by Gasteiger charge is -2.56. The Labute approximate surface area is 255 Å². The number of rotatable bonds is 13. The summed E-state index contributed by atoms with van der Waals surface area (Å²) in [4.78, 5) is 27.5. The highest BCUT2D eigenvalue weighted by Gasteiger charge is 2.47. The fourth-order valence-corrected chi connectivity index (χ4v) is 6.56. The zero-order valence-electron chi connectivity index (χ0n) is 24.1. The van der Waals surface area contributed by atoms with Gasteiger partial charge in [0.2, 0.25) is 11.9 Å². The van der Waals surface area contributed by atoms with Crippen molar-refractivity contribution >= 4 is 23.5 Å². The summed E-state index contributed by atoms with van der Waals surface area (Å²) in [7, 11) is 0. The van der Waals surface area contributed by atoms with E-state index < -0.39 is 30.7 Å². The lowest BCUT2D eigenvalue weighted by molar-refractivity contribution is -0.155. The van der Waals surface area contributed by atoms with Gasteiger partial charge >= 0.3 is 0 Å². The van der Waals surface area contributed by atoms with Gasteiger partial charge in [0.25, 0.3) is 0 Å². The van der Waals surface area contributed by atoms with Gasteiger partial charge in [0.05, 0.1) is 43.2 Å². The fraction of sp³-hybridized carbons (Fsp3) is 0.633. The Hall–Kier alpha value is -2.61. The number of hydrogen-bond acceptors (Lipinski definition) is 10. The maximum Gasteiger partial charge on any atom is 0.227 e. The molecule has 2 aromatic rings. The van der Waals surface area contributed by atoms with Crippen molar-refractivity contribution in [3.63, 3.8) is 0 Å². The van der Waals surface area contributed by atoms with Crippen LogP contribution in [0.1, 0.15) is 37.7 Å². The van der Waals surface area contributed by atoms with Crippen molar-refractivity contribution < 1.29 is 34.3 Å². The number of piperazine rings is 1. The van der Waals surface area contributed by atoms with Crippen molar-refractivity contribution in [1.82, 2.24) is 19.8 Å². The number of hydrogen-bond donors (Lipinski definition) is 4. The zero-order valence-corrected chi connectivity index (χ0v) is 24.9. The van der Waals surface area contributed by atoms with E-state index in [0.29, 0.717) is 47.9 Å². The molecule has 0 radical (unpaired) electrons. The molecule has 2 unspecified atom stereocenters. The molecule has 3 fully saturated rings. The number of ether oxygens (including phenoxy) is 1. The molecule has 11 nitrogen and oxygen atoms in total. The van der Waals surface area contributed by atoms with Gasteiger partial charge in [-0.05, 0) is 49.7 Å². The molecule has 1 amide bonds. The largest absolute Gasteiger partial charge is 0.493 e. The Morgan fingerprint density at radius 3 is 2.44 bits per heavy atom. The topological polar surface area (TPSA) is 143 Å². The molecule has 5 rings (SSSR count). The molecular weight excluding hydrogens is 581 g/mol. The molecule has 3 aliphatic heterocycles. The summed E-state index contributed by atoms with van der Waals surface area (Å²) in [6.07, 6.45) is 3.97. The van der Waals surface area contributed by atoms with Gasteiger partial charge in [-0.15, -0.1) is 0 Å². The van der Waals surface area contributed by atoms with E-state index in [9.17, 15) is 24.5 Å². The maximum absolute atomic E-state index is 14.9. The molecule has 1 aromatic heterocycles. The van der Waals surface area contributed by atoms with Crippen LogP contribution in [0.2, 0.25) is 5.02 Å². The highest BCUT2D eigenvalue weighted by Crippen LogP contribution is 2.33. The number of piperidine rings is 2. The third-order valence-corrected chi connectivity index (χ3v) is 9.07. The normalized spacial score (nSPS) is 23.0. The van der Waals surface area contributed by atoms with Gasteiger partial charge in [-0.25, -0.2) is 14.4 Å². The molecule has 1 aromatic carbocycles. The predicted molar refractivity (Wildman–Crippen MR) is 157 cm³/mol. The van der Waals surface area contributed by atoms with Crippen molar-refractivity contribution in [1.29, 1.82) is 0 Å². The van der Waals surface area contributed by atoms with Crippen molar-refractivity contribution in [2.45, 2.75) is 68.9 Å². The molecule has 3 saturated heterocycles. The average molecular weight is 622 g/mol. The SMILES string of the molecule is O=C(Cc1ccc(OCCCC2CCN(c3ncc(Cl)cn3)CC2)cc1F)N1C2CC1CN(C[C@H](O)[C@H](O)[C@H](O)CO)C2. The Balaban J connectivity index is 1.00. The van der Waals surface area contributed by atoms with Crippen LogP contribution in [0.25, 0.3) is 0 Å². The van der Waals surface area contributed by atoms with Gasteiger partial charge < -0.3 is 35.0 Å². The van der Waals surface area contributed by atoms with E-state index in [0.717, 1.165) is 45.2 Å². The summed E-state index contributed by atoms with van der Waals surface area (Å²) in [5.41, 5.74) is 0.326. The quantitative estimate of drug-likeness (QED) is 0.241. The number of benzene rings is 1. The number of amides is 1. The first-order valence-electron chi connectivity index (χ1n) is 15.0. The molecule has 0 saturated carbocycles. The van der Waals surface area contributed by atoms with Crippen molar-refractivity contribution in [3.05, 3.63) is 47.0 Å². The van der Waals surface area contributed by atoms with E-state index in [4.69, 9.17) is 21.4 Å². The molecule has 3 aliphatic rings. The van der Waals surface area contributed by atoms with Crippen LogP contribution in [-0.2, 0) is 11.2 Å². The van der Waals surface area contributed by atoms with E-state index in [2.05, 4.69) is 14.9 Å². The monoisotopic (exact) mass is 621 g/mol. The summed E-state index contributed by atoms with van der Waals surface area (Å²) >= 11 is 5.88. The zero-order chi connectivity index (χ0) is 30.5. The number of halogens is 2. The number of aliphatic hydroxyl groups excluding tert-OH is 4. The highest BCUT2D eigenvalue weighted by atomic mass is 35.5. The second-order valence-corrected chi connectivity index (χ2v) is 12.4. The first kappa shape index (κ1) is 31.8. The van der Waals surface area contributed by atoms with Gasteiger partial charge in [-0.3, -0.25) is 9.69 Å². The molecule has 4 N–H and O–H groups in total. The van der Waals surface area contributed by atoms with Gasteiger partial charge in [0.1, 0.15) is 23.8 Å².